The number of benzene rings is 2. The lowest BCUT2D eigenvalue weighted by Gasteiger charge is -2.26. The fraction of sp³-hybridized carbons (Fsp3) is 0.379. The van der Waals surface area contributed by atoms with Crippen LogP contribution >= 0.6 is 0 Å². The number of aromatic nitrogens is 4. The molecule has 2 heterocycles. The number of hydrogen-bond donors (Lipinski definition) is 3. The highest BCUT2D eigenvalue weighted by molar-refractivity contribution is 5.92. The lowest BCUT2D eigenvalue weighted by atomic mass is 9.92. The third-order valence-electron chi connectivity index (χ3n) is 7.40. The Morgan fingerprint density at radius 1 is 1.12 bits per heavy atom. The summed E-state index contributed by atoms with van der Waals surface area (Å²) in [5.41, 5.74) is 6.59. The van der Waals surface area contributed by atoms with Crippen molar-refractivity contribution in [2.75, 3.05) is 10.6 Å². The molecule has 0 saturated heterocycles. The van der Waals surface area contributed by atoms with E-state index in [1.165, 1.54) is 10.7 Å². The van der Waals surface area contributed by atoms with Crippen LogP contribution in [-0.2, 0) is 24.4 Å². The highest BCUT2D eigenvalue weighted by Gasteiger charge is 2.38. The average molecular weight is 570 g/mol. The monoisotopic (exact) mass is 569 g/mol. The number of aryl methyl sites for hydroxylation is 2. The Labute approximate surface area is 234 Å². The number of alkyl halides is 3. The molecule has 0 spiro atoms. The molecule has 216 valence electrons. The Bertz CT molecular complexity index is 1610. The van der Waals surface area contributed by atoms with Crippen LogP contribution in [0.15, 0.2) is 36.5 Å². The molecule has 0 bridgehead atoms. The van der Waals surface area contributed by atoms with E-state index in [4.69, 9.17) is 10.7 Å². The summed E-state index contributed by atoms with van der Waals surface area (Å²) in [4.78, 5) is 20.8. The summed E-state index contributed by atoms with van der Waals surface area (Å²) in [5, 5.41) is 10.6. The van der Waals surface area contributed by atoms with Crippen molar-refractivity contribution in [2.45, 2.75) is 64.2 Å². The zero-order valence-corrected chi connectivity index (χ0v) is 22.9. The molecule has 4 aromatic rings. The Hall–Kier alpha value is -4.06. The number of carbonyl (C=O) groups is 1. The SMILES string of the molecule is CCc1cc(-c2cc(-c3cc(F)cc(NC(C)=O)c3C(F)(F)F)nn2C)cc2cnc(NC3CCC(N)CC3)nc12. The van der Waals surface area contributed by atoms with Gasteiger partial charge >= 0.3 is 6.18 Å². The van der Waals surface area contributed by atoms with E-state index < -0.39 is 34.7 Å². The largest absolute Gasteiger partial charge is 0.419 e. The molecule has 5 rings (SSSR count). The van der Waals surface area contributed by atoms with Crippen molar-refractivity contribution < 1.29 is 22.4 Å². The molecule has 0 radical (unpaired) electrons. The first-order valence-electron chi connectivity index (χ1n) is 13.5. The number of nitrogens with two attached hydrogens (primary N) is 1. The van der Waals surface area contributed by atoms with Crippen LogP contribution in [0.5, 0.6) is 0 Å². The summed E-state index contributed by atoms with van der Waals surface area (Å²) >= 11 is 0. The van der Waals surface area contributed by atoms with Crippen LogP contribution in [0.3, 0.4) is 0 Å². The zero-order chi connectivity index (χ0) is 29.5. The van der Waals surface area contributed by atoms with Crippen molar-refractivity contribution in [3.05, 3.63) is 53.5 Å². The molecule has 12 heteroatoms. The van der Waals surface area contributed by atoms with Crippen LogP contribution < -0.4 is 16.4 Å². The number of anilines is 2. The van der Waals surface area contributed by atoms with E-state index >= 15 is 0 Å². The lowest BCUT2D eigenvalue weighted by molar-refractivity contribution is -0.136. The molecule has 8 nitrogen and oxygen atoms in total. The second-order valence-corrected chi connectivity index (χ2v) is 10.5. The highest BCUT2D eigenvalue weighted by Crippen LogP contribution is 2.43. The molecule has 1 aliphatic rings. The minimum Gasteiger partial charge on any atom is -0.351 e. The van der Waals surface area contributed by atoms with Gasteiger partial charge in [0.25, 0.3) is 0 Å². The minimum absolute atomic E-state index is 0.0814. The first kappa shape index (κ1) is 28.5. The van der Waals surface area contributed by atoms with Gasteiger partial charge in [0.15, 0.2) is 0 Å². The molecule has 0 unspecified atom stereocenters. The number of halogens is 4. The second-order valence-electron chi connectivity index (χ2n) is 10.5. The van der Waals surface area contributed by atoms with Gasteiger partial charge in [-0.2, -0.15) is 18.3 Å². The van der Waals surface area contributed by atoms with Crippen molar-refractivity contribution in [1.82, 2.24) is 19.7 Å². The van der Waals surface area contributed by atoms with Gasteiger partial charge < -0.3 is 16.4 Å². The van der Waals surface area contributed by atoms with Gasteiger partial charge in [0.2, 0.25) is 11.9 Å². The van der Waals surface area contributed by atoms with Gasteiger partial charge in [-0.25, -0.2) is 14.4 Å². The van der Waals surface area contributed by atoms with Crippen LogP contribution in [0.1, 0.15) is 50.7 Å². The summed E-state index contributed by atoms with van der Waals surface area (Å²) in [6.07, 6.45) is 1.34. The van der Waals surface area contributed by atoms with Crippen LogP contribution in [-0.4, -0.2) is 37.7 Å². The number of amides is 1. The molecule has 1 fully saturated rings. The number of nitrogens with one attached hydrogen (secondary N) is 2. The number of carbonyl (C=O) groups excluding carboxylic acids is 1. The van der Waals surface area contributed by atoms with Crippen LogP contribution in [0.2, 0.25) is 0 Å². The van der Waals surface area contributed by atoms with E-state index in [-0.39, 0.29) is 17.8 Å². The summed E-state index contributed by atoms with van der Waals surface area (Å²) in [5.74, 6) is -1.13. The van der Waals surface area contributed by atoms with Gasteiger partial charge in [-0.3, -0.25) is 9.48 Å². The molecule has 0 aliphatic heterocycles. The predicted molar refractivity (Wildman–Crippen MR) is 150 cm³/mol. The van der Waals surface area contributed by atoms with Crippen molar-refractivity contribution in [3.8, 4) is 22.5 Å². The predicted octanol–water partition coefficient (Wildman–Crippen LogP) is 6.06. The summed E-state index contributed by atoms with van der Waals surface area (Å²) in [6.45, 7) is 3.06. The molecule has 2 aromatic heterocycles. The summed E-state index contributed by atoms with van der Waals surface area (Å²) < 4.78 is 58.3. The standard InChI is InChI=1S/C29H31F4N7O/c1-4-16-9-17(10-18-14-35-28(38-27(16)18)37-21-7-5-20(34)6-8-21)25-13-23(39-40(25)3)22-11-19(30)12-24(36-15(2)41)26(22)29(31,32)33/h9-14,20-21H,4-8,34H2,1-3H3,(H,36,41)(H,35,37,38). The number of fused-ring (bicyclic) bond motifs is 1. The van der Waals surface area contributed by atoms with Gasteiger partial charge in [-0.05, 0) is 68.0 Å². The highest BCUT2D eigenvalue weighted by atomic mass is 19.4. The smallest absolute Gasteiger partial charge is 0.351 e. The van der Waals surface area contributed by atoms with E-state index in [0.29, 0.717) is 29.7 Å². The van der Waals surface area contributed by atoms with Gasteiger partial charge in [0.05, 0.1) is 28.2 Å². The van der Waals surface area contributed by atoms with E-state index in [1.54, 1.807) is 13.2 Å². The maximum Gasteiger partial charge on any atom is 0.419 e. The fourth-order valence-corrected chi connectivity index (χ4v) is 5.42. The molecule has 2 aromatic carbocycles. The molecule has 0 atom stereocenters. The van der Waals surface area contributed by atoms with Gasteiger partial charge in [0, 0.05) is 48.8 Å². The minimum atomic E-state index is -4.87. The van der Waals surface area contributed by atoms with Crippen LogP contribution in [0.4, 0.5) is 29.2 Å². The summed E-state index contributed by atoms with van der Waals surface area (Å²) in [6, 6.07) is 7.20. The molecular formula is C29H31F4N7O. The van der Waals surface area contributed by atoms with Gasteiger partial charge in [-0.1, -0.05) is 6.92 Å². The Morgan fingerprint density at radius 3 is 2.51 bits per heavy atom. The Balaban J connectivity index is 1.54. The van der Waals surface area contributed by atoms with Crippen molar-refractivity contribution in [2.24, 2.45) is 12.8 Å². The summed E-state index contributed by atoms with van der Waals surface area (Å²) in [7, 11) is 1.61. The molecular weight excluding hydrogens is 538 g/mol. The topological polar surface area (TPSA) is 111 Å². The third kappa shape index (κ3) is 6.02. The number of nitrogens with zero attached hydrogens (tertiary/aromatic N) is 4. The molecule has 1 saturated carbocycles. The van der Waals surface area contributed by atoms with Crippen LogP contribution in [0, 0.1) is 5.82 Å². The van der Waals surface area contributed by atoms with E-state index in [2.05, 4.69) is 20.7 Å². The molecule has 41 heavy (non-hydrogen) atoms. The normalized spacial score (nSPS) is 17.6. The van der Waals surface area contributed by atoms with Gasteiger partial charge in [-0.15, -0.1) is 0 Å². The fourth-order valence-electron chi connectivity index (χ4n) is 5.42. The number of rotatable bonds is 6. The lowest BCUT2D eigenvalue weighted by Crippen LogP contribution is -2.33. The van der Waals surface area contributed by atoms with Crippen molar-refractivity contribution >= 4 is 28.4 Å². The van der Waals surface area contributed by atoms with Crippen LogP contribution in [0.25, 0.3) is 33.4 Å². The quantitative estimate of drug-likeness (QED) is 0.244. The Kier molecular flexibility index (Phi) is 7.69. The van der Waals surface area contributed by atoms with E-state index in [1.807, 2.05) is 19.1 Å². The molecule has 1 aliphatic carbocycles. The maximum atomic E-state index is 14.5. The molecule has 4 N–H and O–H groups in total. The van der Waals surface area contributed by atoms with Crippen molar-refractivity contribution in [3.63, 3.8) is 0 Å². The zero-order valence-electron chi connectivity index (χ0n) is 22.9. The second kappa shape index (κ2) is 11.1. The molecule has 1 amide bonds. The first-order valence-corrected chi connectivity index (χ1v) is 13.5. The average Bonchev–Trinajstić information content (AvgIpc) is 3.29. The van der Waals surface area contributed by atoms with Gasteiger partial charge in [0.1, 0.15) is 5.82 Å². The Morgan fingerprint density at radius 2 is 1.85 bits per heavy atom. The third-order valence-corrected chi connectivity index (χ3v) is 7.40. The maximum absolute atomic E-state index is 14.5. The first-order chi connectivity index (χ1) is 19.4. The van der Waals surface area contributed by atoms with Crippen molar-refractivity contribution in [1.29, 1.82) is 0 Å². The van der Waals surface area contributed by atoms with E-state index in [0.717, 1.165) is 55.1 Å². The number of hydrogen-bond acceptors (Lipinski definition) is 6. The van der Waals surface area contributed by atoms with E-state index in [9.17, 15) is 22.4 Å².